The SMILES string of the molecule is O=C1CC(/C=C/c2ccccc2)CO1. The lowest BCUT2D eigenvalue weighted by Gasteiger charge is -1.96. The molecule has 1 unspecified atom stereocenters. The Morgan fingerprint density at radius 2 is 2.07 bits per heavy atom. The van der Waals surface area contributed by atoms with Gasteiger partial charge < -0.3 is 4.74 Å². The third-order valence-electron chi connectivity index (χ3n) is 2.25. The predicted octanol–water partition coefficient (Wildman–Crippen LogP) is 2.26. The maximum Gasteiger partial charge on any atom is 0.306 e. The zero-order valence-electron chi connectivity index (χ0n) is 7.85. The van der Waals surface area contributed by atoms with E-state index in [-0.39, 0.29) is 11.9 Å². The Morgan fingerprint density at radius 3 is 2.71 bits per heavy atom. The van der Waals surface area contributed by atoms with Gasteiger partial charge in [-0.15, -0.1) is 0 Å². The Bertz CT molecular complexity index is 341. The molecule has 0 saturated carbocycles. The monoisotopic (exact) mass is 188 g/mol. The molecule has 1 atom stereocenters. The van der Waals surface area contributed by atoms with Crippen LogP contribution in [0.25, 0.3) is 6.08 Å². The second kappa shape index (κ2) is 4.09. The van der Waals surface area contributed by atoms with E-state index >= 15 is 0 Å². The van der Waals surface area contributed by atoms with Gasteiger partial charge >= 0.3 is 5.97 Å². The molecule has 72 valence electrons. The lowest BCUT2D eigenvalue weighted by atomic mass is 10.1. The van der Waals surface area contributed by atoms with Gasteiger partial charge in [0.05, 0.1) is 13.0 Å². The molecular weight excluding hydrogens is 176 g/mol. The van der Waals surface area contributed by atoms with Crippen LogP contribution in [0.4, 0.5) is 0 Å². The van der Waals surface area contributed by atoms with Crippen LogP contribution < -0.4 is 0 Å². The van der Waals surface area contributed by atoms with Gasteiger partial charge in [0, 0.05) is 5.92 Å². The van der Waals surface area contributed by atoms with E-state index in [9.17, 15) is 4.79 Å². The molecule has 1 heterocycles. The summed E-state index contributed by atoms with van der Waals surface area (Å²) in [4.78, 5) is 10.8. The molecule has 1 aromatic rings. The van der Waals surface area contributed by atoms with Crippen molar-refractivity contribution in [3.8, 4) is 0 Å². The molecule has 0 spiro atoms. The molecule has 0 aliphatic carbocycles. The Labute approximate surface area is 83.2 Å². The Hall–Kier alpha value is -1.57. The van der Waals surface area contributed by atoms with Crippen molar-refractivity contribution in [3.05, 3.63) is 42.0 Å². The van der Waals surface area contributed by atoms with Crippen molar-refractivity contribution >= 4 is 12.0 Å². The lowest BCUT2D eigenvalue weighted by Crippen LogP contribution is -1.92. The number of carbonyl (C=O) groups is 1. The molecule has 0 bridgehead atoms. The van der Waals surface area contributed by atoms with E-state index in [4.69, 9.17) is 4.74 Å². The zero-order chi connectivity index (χ0) is 9.80. The van der Waals surface area contributed by atoms with E-state index in [1.54, 1.807) is 0 Å². The van der Waals surface area contributed by atoms with Crippen LogP contribution in [0.5, 0.6) is 0 Å². The molecule has 1 aliphatic rings. The Kier molecular flexibility index (Phi) is 2.63. The first-order valence-electron chi connectivity index (χ1n) is 4.73. The van der Waals surface area contributed by atoms with Crippen LogP contribution in [0, 0.1) is 5.92 Å². The van der Waals surface area contributed by atoms with Crippen LogP contribution >= 0.6 is 0 Å². The smallest absolute Gasteiger partial charge is 0.306 e. The van der Waals surface area contributed by atoms with Gasteiger partial charge in [-0.1, -0.05) is 42.5 Å². The first kappa shape index (κ1) is 9.00. The summed E-state index contributed by atoms with van der Waals surface area (Å²) in [6, 6.07) is 10.0. The van der Waals surface area contributed by atoms with Crippen molar-refractivity contribution < 1.29 is 9.53 Å². The summed E-state index contributed by atoms with van der Waals surface area (Å²) in [5, 5.41) is 0. The molecule has 0 radical (unpaired) electrons. The van der Waals surface area contributed by atoms with Gasteiger partial charge in [-0.25, -0.2) is 0 Å². The number of hydrogen-bond acceptors (Lipinski definition) is 2. The average molecular weight is 188 g/mol. The number of benzene rings is 1. The van der Waals surface area contributed by atoms with E-state index < -0.39 is 0 Å². The van der Waals surface area contributed by atoms with Gasteiger partial charge in [-0.05, 0) is 5.56 Å². The van der Waals surface area contributed by atoms with Crippen molar-refractivity contribution in [2.45, 2.75) is 6.42 Å². The summed E-state index contributed by atoms with van der Waals surface area (Å²) in [6.45, 7) is 0.530. The maximum atomic E-state index is 10.8. The van der Waals surface area contributed by atoms with E-state index in [1.807, 2.05) is 42.5 Å². The first-order chi connectivity index (χ1) is 6.84. The maximum absolute atomic E-state index is 10.8. The second-order valence-electron chi connectivity index (χ2n) is 3.42. The fourth-order valence-electron chi connectivity index (χ4n) is 1.47. The molecule has 1 aliphatic heterocycles. The minimum absolute atomic E-state index is 0.0901. The molecule has 0 aromatic heterocycles. The number of hydrogen-bond donors (Lipinski definition) is 0. The quantitative estimate of drug-likeness (QED) is 0.665. The topological polar surface area (TPSA) is 26.3 Å². The van der Waals surface area contributed by atoms with Crippen molar-refractivity contribution in [2.24, 2.45) is 5.92 Å². The van der Waals surface area contributed by atoms with E-state index in [0.29, 0.717) is 13.0 Å². The number of carbonyl (C=O) groups excluding carboxylic acids is 1. The minimum atomic E-state index is -0.0901. The normalized spacial score (nSPS) is 21.4. The standard InChI is InChI=1S/C12H12O2/c13-12-8-11(9-14-12)7-6-10-4-2-1-3-5-10/h1-7,11H,8-9H2/b7-6+. The minimum Gasteiger partial charge on any atom is -0.465 e. The fraction of sp³-hybridized carbons (Fsp3) is 0.250. The van der Waals surface area contributed by atoms with Crippen LogP contribution in [0.2, 0.25) is 0 Å². The number of esters is 1. The van der Waals surface area contributed by atoms with Crippen LogP contribution in [0.3, 0.4) is 0 Å². The molecule has 1 aromatic carbocycles. The van der Waals surface area contributed by atoms with Gasteiger partial charge in [0.15, 0.2) is 0 Å². The molecule has 14 heavy (non-hydrogen) atoms. The van der Waals surface area contributed by atoms with E-state index in [0.717, 1.165) is 5.56 Å². The third-order valence-corrected chi connectivity index (χ3v) is 2.25. The van der Waals surface area contributed by atoms with Crippen molar-refractivity contribution in [1.29, 1.82) is 0 Å². The van der Waals surface area contributed by atoms with Crippen LogP contribution in [-0.2, 0) is 9.53 Å². The van der Waals surface area contributed by atoms with Gasteiger partial charge in [0.1, 0.15) is 0 Å². The van der Waals surface area contributed by atoms with Crippen LogP contribution in [-0.4, -0.2) is 12.6 Å². The van der Waals surface area contributed by atoms with Crippen molar-refractivity contribution in [3.63, 3.8) is 0 Å². The third kappa shape index (κ3) is 2.22. The summed E-state index contributed by atoms with van der Waals surface area (Å²) in [5.74, 6) is 0.162. The number of rotatable bonds is 2. The molecule has 0 amide bonds. The molecule has 2 heteroatoms. The summed E-state index contributed by atoms with van der Waals surface area (Å²) in [6.07, 6.45) is 4.59. The highest BCUT2D eigenvalue weighted by Gasteiger charge is 2.20. The summed E-state index contributed by atoms with van der Waals surface area (Å²) < 4.78 is 4.86. The molecular formula is C12H12O2. The molecule has 1 saturated heterocycles. The molecule has 2 nitrogen and oxygen atoms in total. The molecule has 1 fully saturated rings. The second-order valence-corrected chi connectivity index (χ2v) is 3.42. The van der Waals surface area contributed by atoms with Crippen LogP contribution in [0.1, 0.15) is 12.0 Å². The lowest BCUT2D eigenvalue weighted by molar-refractivity contribution is -0.137. The zero-order valence-corrected chi connectivity index (χ0v) is 7.85. The van der Waals surface area contributed by atoms with Gasteiger partial charge in [0.2, 0.25) is 0 Å². The highest BCUT2D eigenvalue weighted by molar-refractivity contribution is 5.72. The Morgan fingerprint density at radius 1 is 1.29 bits per heavy atom. The highest BCUT2D eigenvalue weighted by Crippen LogP contribution is 2.16. The summed E-state index contributed by atoms with van der Waals surface area (Å²) >= 11 is 0. The average Bonchev–Trinajstić information content (AvgIpc) is 2.63. The van der Waals surface area contributed by atoms with Crippen molar-refractivity contribution in [2.75, 3.05) is 6.61 Å². The molecule has 2 rings (SSSR count). The number of cyclic esters (lactones) is 1. The number of ether oxygens (including phenoxy) is 1. The fourth-order valence-corrected chi connectivity index (χ4v) is 1.47. The van der Waals surface area contributed by atoms with E-state index in [2.05, 4.69) is 0 Å². The highest BCUT2D eigenvalue weighted by atomic mass is 16.5. The van der Waals surface area contributed by atoms with E-state index in [1.165, 1.54) is 0 Å². The van der Waals surface area contributed by atoms with Gasteiger partial charge in [-0.3, -0.25) is 4.79 Å². The largest absolute Gasteiger partial charge is 0.465 e. The predicted molar refractivity (Wildman–Crippen MR) is 54.5 cm³/mol. The van der Waals surface area contributed by atoms with Gasteiger partial charge in [0.25, 0.3) is 0 Å². The Balaban J connectivity index is 1.97. The first-order valence-corrected chi connectivity index (χ1v) is 4.73. The van der Waals surface area contributed by atoms with Crippen molar-refractivity contribution in [1.82, 2.24) is 0 Å². The summed E-state index contributed by atoms with van der Waals surface area (Å²) in [7, 11) is 0. The van der Waals surface area contributed by atoms with Crippen LogP contribution in [0.15, 0.2) is 36.4 Å². The molecule has 0 N–H and O–H groups in total. The summed E-state index contributed by atoms with van der Waals surface area (Å²) in [5.41, 5.74) is 1.16. The van der Waals surface area contributed by atoms with Gasteiger partial charge in [-0.2, -0.15) is 0 Å².